The number of carbonyl (C=O) groups excluding carboxylic acids is 1. The maximum Gasteiger partial charge on any atom is 0.308 e. The van der Waals surface area contributed by atoms with Gasteiger partial charge in [0.2, 0.25) is 12.7 Å². The van der Waals surface area contributed by atoms with Crippen molar-refractivity contribution in [3.63, 3.8) is 0 Å². The Morgan fingerprint density at radius 3 is 2.49 bits per heavy atom. The molecule has 1 saturated heterocycles. The highest BCUT2D eigenvalue weighted by Crippen LogP contribution is 2.45. The summed E-state index contributed by atoms with van der Waals surface area (Å²) >= 11 is 0. The summed E-state index contributed by atoms with van der Waals surface area (Å²) in [4.78, 5) is 30.7. The van der Waals surface area contributed by atoms with Crippen molar-refractivity contribution in [1.82, 2.24) is 9.80 Å². The zero-order chi connectivity index (χ0) is 28.8. The molecule has 0 unspecified atom stereocenters. The highest BCUT2D eigenvalue weighted by molar-refractivity contribution is 5.79. The van der Waals surface area contributed by atoms with E-state index in [0.29, 0.717) is 24.5 Å². The first kappa shape index (κ1) is 31.0. The van der Waals surface area contributed by atoms with Crippen molar-refractivity contribution in [2.24, 2.45) is 11.3 Å². The van der Waals surface area contributed by atoms with E-state index in [9.17, 15) is 14.7 Å². The third-order valence-electron chi connectivity index (χ3n) is 7.94. The van der Waals surface area contributed by atoms with Crippen LogP contribution >= 0.6 is 0 Å². The van der Waals surface area contributed by atoms with Crippen molar-refractivity contribution in [2.75, 3.05) is 60.7 Å². The molecule has 0 bridgehead atoms. The first-order chi connectivity index (χ1) is 18.3. The molecule has 0 saturated carbocycles. The molecule has 0 radical (unpaired) electrons. The molecule has 218 valence electrons. The summed E-state index contributed by atoms with van der Waals surface area (Å²) < 4.78 is 11.9. The number of rotatable bonds is 14. The Kier molecular flexibility index (Phi) is 10.5. The zero-order valence-corrected chi connectivity index (χ0v) is 25.1. The average Bonchev–Trinajstić information content (AvgIpc) is 3.44. The summed E-state index contributed by atoms with van der Waals surface area (Å²) in [5.41, 5.74) is 0.714. The third-order valence-corrected chi connectivity index (χ3v) is 7.94. The number of carboxylic acids is 1. The normalized spacial score (nSPS) is 21.6. The van der Waals surface area contributed by atoms with Crippen LogP contribution in [0.5, 0.6) is 11.5 Å². The number of nitrogens with zero attached hydrogens (tertiary/aromatic N) is 3. The standard InChI is InChI=1S/C31H49N3O5/c1-8-10-15-32(16-11-17-34(5,6)7)28(35)21-33-20-24(23-12-13-26-27(18-23)39-22-38-26)29(30(36)37)25(33)19-31(3,4)14-9-2/h9,12-14,18,24-25,29H,8,10-11,15-17,19-22H2,1-7H3/p+1/t24-,25+,29-/m1/s1. The molecule has 8 nitrogen and oxygen atoms in total. The number of carboxylic acid groups (broad SMARTS) is 1. The average molecular weight is 545 g/mol. The fourth-order valence-electron chi connectivity index (χ4n) is 6.01. The molecule has 0 aromatic heterocycles. The largest absolute Gasteiger partial charge is 0.481 e. The van der Waals surface area contributed by atoms with E-state index in [1.54, 1.807) is 0 Å². The number of likely N-dealkylation sites (tertiary alicyclic amines) is 1. The van der Waals surface area contributed by atoms with Gasteiger partial charge in [-0.05, 0) is 42.9 Å². The third kappa shape index (κ3) is 8.45. The fraction of sp³-hybridized carbons (Fsp3) is 0.677. The smallest absolute Gasteiger partial charge is 0.308 e. The van der Waals surface area contributed by atoms with E-state index in [2.05, 4.69) is 52.9 Å². The first-order valence-corrected chi connectivity index (χ1v) is 14.4. The van der Waals surface area contributed by atoms with Gasteiger partial charge in [0.25, 0.3) is 0 Å². The predicted molar refractivity (Wildman–Crippen MR) is 154 cm³/mol. The highest BCUT2D eigenvalue weighted by Gasteiger charge is 2.48. The molecule has 8 heteroatoms. The molecule has 3 rings (SSSR count). The van der Waals surface area contributed by atoms with Crippen LogP contribution in [-0.2, 0) is 9.59 Å². The fourth-order valence-corrected chi connectivity index (χ4v) is 6.01. The Morgan fingerprint density at radius 1 is 1.15 bits per heavy atom. The van der Waals surface area contributed by atoms with Gasteiger partial charge in [-0.15, -0.1) is 0 Å². The number of benzene rings is 1. The molecule has 2 heterocycles. The number of quaternary nitrogens is 1. The lowest BCUT2D eigenvalue weighted by Crippen LogP contribution is -2.46. The van der Waals surface area contributed by atoms with E-state index in [0.717, 1.165) is 48.9 Å². The van der Waals surface area contributed by atoms with E-state index >= 15 is 0 Å². The van der Waals surface area contributed by atoms with Crippen LogP contribution in [0.15, 0.2) is 30.4 Å². The Hall–Kier alpha value is -2.58. The minimum Gasteiger partial charge on any atom is -0.481 e. The van der Waals surface area contributed by atoms with Crippen LogP contribution in [-0.4, -0.2) is 98.0 Å². The minimum absolute atomic E-state index is 0.0918. The van der Waals surface area contributed by atoms with Gasteiger partial charge in [-0.3, -0.25) is 14.5 Å². The molecule has 1 aromatic carbocycles. The van der Waals surface area contributed by atoms with Crippen molar-refractivity contribution in [3.8, 4) is 11.5 Å². The zero-order valence-electron chi connectivity index (χ0n) is 25.1. The van der Waals surface area contributed by atoms with Crippen molar-refractivity contribution >= 4 is 11.9 Å². The molecule has 0 aliphatic carbocycles. The molecule has 1 N–H and O–H groups in total. The van der Waals surface area contributed by atoms with E-state index in [-0.39, 0.29) is 36.6 Å². The van der Waals surface area contributed by atoms with Gasteiger partial charge in [0, 0.05) is 38.0 Å². The Labute approximate surface area is 235 Å². The summed E-state index contributed by atoms with van der Waals surface area (Å²) in [5, 5.41) is 10.5. The van der Waals surface area contributed by atoms with E-state index in [1.165, 1.54) is 0 Å². The summed E-state index contributed by atoms with van der Waals surface area (Å²) in [7, 11) is 6.51. The van der Waals surface area contributed by atoms with Crippen molar-refractivity contribution in [1.29, 1.82) is 0 Å². The second-order valence-electron chi connectivity index (χ2n) is 12.9. The molecule has 3 atom stereocenters. The topological polar surface area (TPSA) is 79.3 Å². The number of amides is 1. The number of hydrogen-bond acceptors (Lipinski definition) is 5. The number of unbranched alkanes of at least 4 members (excludes halogenated alkanes) is 1. The SMILES string of the molecule is CC=CC(C)(C)C[C@H]1[C@H](C(=O)O)[C@@H](c2ccc3c(c2)OCO3)CN1CC(=O)N(CCCC)CCC[N+](C)(C)C. The minimum atomic E-state index is -0.820. The molecule has 2 aliphatic rings. The van der Waals surface area contributed by atoms with Crippen LogP contribution in [0.1, 0.15) is 64.9 Å². The predicted octanol–water partition coefficient (Wildman–Crippen LogP) is 4.60. The van der Waals surface area contributed by atoms with Crippen molar-refractivity contribution in [3.05, 3.63) is 35.9 Å². The molecule has 1 aromatic rings. The lowest BCUT2D eigenvalue weighted by atomic mass is 9.77. The van der Waals surface area contributed by atoms with E-state index in [1.807, 2.05) is 36.1 Å². The molecule has 1 amide bonds. The molecular formula is C31H50N3O5+. The number of fused-ring (bicyclic) bond motifs is 1. The molecule has 0 spiro atoms. The van der Waals surface area contributed by atoms with Crippen LogP contribution in [0, 0.1) is 11.3 Å². The number of aliphatic carboxylic acids is 1. The van der Waals surface area contributed by atoms with Gasteiger partial charge in [0.15, 0.2) is 11.5 Å². The van der Waals surface area contributed by atoms with E-state index in [4.69, 9.17) is 9.47 Å². The van der Waals surface area contributed by atoms with Crippen LogP contribution < -0.4 is 9.47 Å². The number of hydrogen-bond donors (Lipinski definition) is 1. The Balaban J connectivity index is 1.88. The lowest BCUT2D eigenvalue weighted by molar-refractivity contribution is -0.870. The second kappa shape index (κ2) is 13.2. The van der Waals surface area contributed by atoms with E-state index < -0.39 is 11.9 Å². The van der Waals surface area contributed by atoms with Crippen LogP contribution in [0.25, 0.3) is 0 Å². The lowest BCUT2D eigenvalue weighted by Gasteiger charge is -2.34. The summed E-state index contributed by atoms with van der Waals surface area (Å²) in [5.74, 6) is -0.279. The maximum absolute atomic E-state index is 13.8. The van der Waals surface area contributed by atoms with Gasteiger partial charge in [-0.1, -0.05) is 45.4 Å². The summed E-state index contributed by atoms with van der Waals surface area (Å²) in [6.45, 7) is 11.8. The van der Waals surface area contributed by atoms with Gasteiger partial charge < -0.3 is 24.0 Å². The summed E-state index contributed by atoms with van der Waals surface area (Å²) in [6, 6.07) is 5.46. The Morgan fingerprint density at radius 2 is 1.85 bits per heavy atom. The van der Waals surface area contributed by atoms with Crippen LogP contribution in [0.4, 0.5) is 0 Å². The molecule has 39 heavy (non-hydrogen) atoms. The number of allylic oxidation sites excluding steroid dienone is 2. The van der Waals surface area contributed by atoms with Crippen LogP contribution in [0.2, 0.25) is 0 Å². The van der Waals surface area contributed by atoms with Gasteiger partial charge in [-0.25, -0.2) is 0 Å². The van der Waals surface area contributed by atoms with Gasteiger partial charge in [0.05, 0.1) is 40.2 Å². The van der Waals surface area contributed by atoms with Crippen LogP contribution in [0.3, 0.4) is 0 Å². The maximum atomic E-state index is 13.8. The van der Waals surface area contributed by atoms with Crippen molar-refractivity contribution in [2.45, 2.75) is 65.3 Å². The highest BCUT2D eigenvalue weighted by atomic mass is 16.7. The molecular weight excluding hydrogens is 494 g/mol. The van der Waals surface area contributed by atoms with Gasteiger partial charge in [-0.2, -0.15) is 0 Å². The quantitative estimate of drug-likeness (QED) is 0.272. The Bertz CT molecular complexity index is 1020. The monoisotopic (exact) mass is 544 g/mol. The molecule has 1 fully saturated rings. The number of carbonyl (C=O) groups is 2. The number of ether oxygens (including phenoxy) is 2. The van der Waals surface area contributed by atoms with Gasteiger partial charge in [0.1, 0.15) is 0 Å². The first-order valence-electron chi connectivity index (χ1n) is 14.4. The summed E-state index contributed by atoms with van der Waals surface area (Å²) in [6.07, 6.45) is 7.74. The van der Waals surface area contributed by atoms with Crippen molar-refractivity contribution < 1.29 is 28.7 Å². The second-order valence-corrected chi connectivity index (χ2v) is 12.9. The molecule has 2 aliphatic heterocycles. The van der Waals surface area contributed by atoms with Gasteiger partial charge >= 0.3 is 5.97 Å².